The second-order valence-electron chi connectivity index (χ2n) is 6.27. The topological polar surface area (TPSA) is 78.7 Å². The maximum absolute atomic E-state index is 13.7. The molecule has 0 aromatic heterocycles. The summed E-state index contributed by atoms with van der Waals surface area (Å²) in [5, 5.41) is 1.03. The Hall–Kier alpha value is -2.05. The highest BCUT2D eigenvalue weighted by Gasteiger charge is 2.42. The van der Waals surface area contributed by atoms with Crippen LogP contribution in [0.5, 0.6) is 0 Å². The lowest BCUT2D eigenvalue weighted by atomic mass is 10.0. The van der Waals surface area contributed by atoms with Gasteiger partial charge in [-0.3, -0.25) is 14.6 Å². The number of nitrogens with one attached hydrogen (secondary N) is 1. The van der Waals surface area contributed by atoms with E-state index in [9.17, 15) is 35.9 Å². The highest BCUT2D eigenvalue weighted by atomic mass is 35.5. The number of nitrogens with two attached hydrogens (primary N) is 1. The molecule has 6 nitrogen and oxygen atoms in total. The summed E-state index contributed by atoms with van der Waals surface area (Å²) in [7, 11) is 0. The van der Waals surface area contributed by atoms with Gasteiger partial charge < -0.3 is 10.6 Å². The van der Waals surface area contributed by atoms with E-state index in [1.54, 1.807) is 0 Å². The van der Waals surface area contributed by atoms with Gasteiger partial charge in [0.1, 0.15) is 5.82 Å². The highest BCUT2D eigenvalue weighted by Crippen LogP contribution is 2.19. The molecule has 13 heteroatoms. The summed E-state index contributed by atoms with van der Waals surface area (Å²) >= 11 is 0. The van der Waals surface area contributed by atoms with Crippen molar-refractivity contribution < 1.29 is 35.9 Å². The summed E-state index contributed by atoms with van der Waals surface area (Å²) in [4.78, 5) is 24.1. The lowest BCUT2D eigenvalue weighted by Crippen LogP contribution is -2.46. The Morgan fingerprint density at radius 3 is 2.31 bits per heavy atom. The second-order valence-corrected chi connectivity index (χ2v) is 6.27. The average molecular weight is 449 g/mol. The average Bonchev–Trinajstić information content (AvgIpc) is 2.84. The number of carbonyl (C=O) groups is 2. The van der Waals surface area contributed by atoms with Crippen LogP contribution in [0.4, 0.5) is 26.3 Å². The predicted octanol–water partition coefficient (Wildman–Crippen LogP) is 1.52. The van der Waals surface area contributed by atoms with Gasteiger partial charge in [-0.25, -0.2) is 18.6 Å². The highest BCUT2D eigenvalue weighted by molar-refractivity contribution is 5.85. The van der Waals surface area contributed by atoms with Crippen molar-refractivity contribution in [3.8, 4) is 0 Å². The molecule has 1 fully saturated rings. The molecular formula is C16H19ClF6N4O2. The van der Waals surface area contributed by atoms with Gasteiger partial charge in [0.25, 0.3) is 0 Å². The largest absolute Gasteiger partial charge is 0.471 e. The molecule has 3 N–H and O–H groups in total. The zero-order valence-electron chi connectivity index (χ0n) is 14.9. The molecule has 1 atom stereocenters. The smallest absolute Gasteiger partial charge is 0.332 e. The molecule has 2 rings (SSSR count). The fraction of sp³-hybridized carbons (Fsp3) is 0.500. The summed E-state index contributed by atoms with van der Waals surface area (Å²) in [6.07, 6.45) is -5.57. The fourth-order valence-corrected chi connectivity index (χ4v) is 2.74. The maximum Gasteiger partial charge on any atom is 0.471 e. The summed E-state index contributed by atoms with van der Waals surface area (Å²) in [5.41, 5.74) is 8.17. The molecule has 2 amide bonds. The quantitative estimate of drug-likeness (QED) is 0.541. The molecule has 1 heterocycles. The first-order valence-electron chi connectivity index (χ1n) is 8.28. The molecule has 0 bridgehead atoms. The molecule has 0 saturated carbocycles. The monoisotopic (exact) mass is 448 g/mol. The van der Waals surface area contributed by atoms with Crippen LogP contribution in [0.3, 0.4) is 0 Å². The molecule has 1 aromatic carbocycles. The lowest BCUT2D eigenvalue weighted by Gasteiger charge is -2.23. The fourth-order valence-electron chi connectivity index (χ4n) is 2.74. The van der Waals surface area contributed by atoms with Crippen LogP contribution in [0, 0.1) is 17.5 Å². The summed E-state index contributed by atoms with van der Waals surface area (Å²) in [6.45, 7) is -0.855. The molecule has 1 aromatic rings. The van der Waals surface area contributed by atoms with Gasteiger partial charge >= 0.3 is 12.1 Å². The van der Waals surface area contributed by atoms with E-state index in [2.05, 4.69) is 5.43 Å². The van der Waals surface area contributed by atoms with E-state index in [1.807, 2.05) is 0 Å². The molecule has 1 aliphatic rings. The zero-order chi connectivity index (χ0) is 21.1. The number of alkyl halides is 3. The molecule has 0 unspecified atom stereocenters. The number of nitrogens with zero attached hydrogens (tertiary/aromatic N) is 2. The molecule has 29 heavy (non-hydrogen) atoms. The van der Waals surface area contributed by atoms with E-state index < -0.39 is 41.5 Å². The Bertz CT molecular complexity index is 749. The van der Waals surface area contributed by atoms with Gasteiger partial charge in [0.15, 0.2) is 11.6 Å². The van der Waals surface area contributed by atoms with E-state index in [0.717, 1.165) is 5.01 Å². The molecule has 1 saturated heterocycles. The SMILES string of the molecule is Cl.N[C@@H](CC(=O)N1CCN(C(=O)C(F)(F)F)CCN1)Cc1cc(F)c(F)cc1F. The van der Waals surface area contributed by atoms with Crippen molar-refractivity contribution in [3.63, 3.8) is 0 Å². The van der Waals surface area contributed by atoms with Crippen LogP contribution in [-0.2, 0) is 16.0 Å². The minimum atomic E-state index is -5.00. The van der Waals surface area contributed by atoms with Gasteiger partial charge in [0.05, 0.1) is 6.54 Å². The first-order chi connectivity index (χ1) is 13.0. The van der Waals surface area contributed by atoms with Crippen molar-refractivity contribution in [2.75, 3.05) is 26.2 Å². The third kappa shape index (κ3) is 6.75. The molecular weight excluding hydrogens is 430 g/mol. The van der Waals surface area contributed by atoms with Crippen molar-refractivity contribution in [1.29, 1.82) is 0 Å². The Kier molecular flexibility index (Phi) is 8.72. The first kappa shape index (κ1) is 25.0. The van der Waals surface area contributed by atoms with Crippen molar-refractivity contribution in [2.24, 2.45) is 5.73 Å². The van der Waals surface area contributed by atoms with E-state index in [1.165, 1.54) is 0 Å². The number of amides is 2. The van der Waals surface area contributed by atoms with Gasteiger partial charge in [-0.15, -0.1) is 12.4 Å². The predicted molar refractivity (Wildman–Crippen MR) is 92.2 cm³/mol. The Morgan fingerprint density at radius 2 is 1.69 bits per heavy atom. The first-order valence-corrected chi connectivity index (χ1v) is 8.28. The van der Waals surface area contributed by atoms with Crippen molar-refractivity contribution in [1.82, 2.24) is 15.3 Å². The van der Waals surface area contributed by atoms with Crippen LogP contribution in [0.25, 0.3) is 0 Å². The van der Waals surface area contributed by atoms with Crippen LogP contribution in [0.1, 0.15) is 12.0 Å². The lowest BCUT2D eigenvalue weighted by molar-refractivity contribution is -0.185. The van der Waals surface area contributed by atoms with Gasteiger partial charge in [-0.1, -0.05) is 0 Å². The van der Waals surface area contributed by atoms with E-state index in [4.69, 9.17) is 5.73 Å². The summed E-state index contributed by atoms with van der Waals surface area (Å²) in [5.74, 6) is -6.18. The molecule has 0 aliphatic carbocycles. The van der Waals surface area contributed by atoms with Crippen LogP contribution >= 0.6 is 12.4 Å². The third-order valence-electron chi connectivity index (χ3n) is 4.12. The Labute approximate surface area is 168 Å². The molecule has 0 radical (unpaired) electrons. The number of hydrogen-bond donors (Lipinski definition) is 2. The standard InChI is InChI=1S/C16H18F6N4O2.ClH/c17-11-8-13(19)12(18)6-9(11)5-10(23)7-14(27)26-4-3-25(2-1-24-26)15(28)16(20,21)22;/h6,8,10,24H,1-5,7,23H2;1H/t10-;/m1./s1. The number of rotatable bonds is 4. The minimum Gasteiger partial charge on any atom is -0.332 e. The van der Waals surface area contributed by atoms with Crippen LogP contribution in [0.2, 0.25) is 0 Å². The number of benzene rings is 1. The van der Waals surface area contributed by atoms with E-state index in [-0.39, 0.29) is 57.0 Å². The van der Waals surface area contributed by atoms with Crippen LogP contribution < -0.4 is 11.2 Å². The van der Waals surface area contributed by atoms with E-state index >= 15 is 0 Å². The number of carbonyl (C=O) groups excluding carboxylic acids is 2. The van der Waals surface area contributed by atoms with E-state index in [0.29, 0.717) is 17.0 Å². The Morgan fingerprint density at radius 1 is 1.07 bits per heavy atom. The molecule has 0 spiro atoms. The third-order valence-corrected chi connectivity index (χ3v) is 4.12. The molecule has 164 valence electrons. The summed E-state index contributed by atoms with van der Waals surface area (Å²) < 4.78 is 77.3. The van der Waals surface area contributed by atoms with Gasteiger partial charge in [-0.05, 0) is 18.1 Å². The van der Waals surface area contributed by atoms with Crippen molar-refractivity contribution >= 4 is 24.2 Å². The number of hydrazine groups is 1. The minimum absolute atomic E-state index is 0. The Balaban J connectivity index is 0.00000420. The number of hydrogen-bond acceptors (Lipinski definition) is 4. The van der Waals surface area contributed by atoms with Crippen molar-refractivity contribution in [3.05, 3.63) is 35.1 Å². The zero-order valence-corrected chi connectivity index (χ0v) is 15.8. The number of halogens is 7. The van der Waals surface area contributed by atoms with Crippen LogP contribution in [-0.4, -0.2) is 60.1 Å². The van der Waals surface area contributed by atoms with Gasteiger partial charge in [0, 0.05) is 38.2 Å². The second kappa shape index (κ2) is 10.1. The van der Waals surface area contributed by atoms with Crippen LogP contribution in [0.15, 0.2) is 12.1 Å². The maximum atomic E-state index is 13.7. The van der Waals surface area contributed by atoms with Gasteiger partial charge in [0.2, 0.25) is 5.91 Å². The van der Waals surface area contributed by atoms with Gasteiger partial charge in [-0.2, -0.15) is 13.2 Å². The normalized spacial score (nSPS) is 16.1. The molecule has 1 aliphatic heterocycles. The van der Waals surface area contributed by atoms with Crippen molar-refractivity contribution in [2.45, 2.75) is 25.1 Å². The summed E-state index contributed by atoms with van der Waals surface area (Å²) in [6, 6.07) is 0.0894.